The molecule has 1 unspecified atom stereocenters. The molecule has 7 heteroatoms. The summed E-state index contributed by atoms with van der Waals surface area (Å²) in [6.07, 6.45) is 0. The van der Waals surface area contributed by atoms with Gasteiger partial charge in [0.15, 0.2) is 0 Å². The smallest absolute Gasteiger partial charge is 0.233 e. The molecule has 0 aliphatic rings. The van der Waals surface area contributed by atoms with Gasteiger partial charge in [-0.2, -0.15) is 5.26 Å². The highest BCUT2D eigenvalue weighted by Gasteiger charge is 2.16. The predicted octanol–water partition coefficient (Wildman–Crippen LogP) is 2.83. The van der Waals surface area contributed by atoms with Crippen molar-refractivity contribution in [1.82, 2.24) is 0 Å². The van der Waals surface area contributed by atoms with E-state index in [1.807, 2.05) is 6.07 Å². The molecule has 0 saturated heterocycles. The molecule has 0 aromatic heterocycles. The van der Waals surface area contributed by atoms with Gasteiger partial charge in [-0.15, -0.1) is 11.6 Å². The van der Waals surface area contributed by atoms with E-state index in [-0.39, 0.29) is 28.3 Å². The fourth-order valence-corrected chi connectivity index (χ4v) is 3.28. The van der Waals surface area contributed by atoms with Crippen LogP contribution in [0.1, 0.15) is 12.5 Å². The molecule has 18 heavy (non-hydrogen) atoms. The number of nitrogens with zero attached hydrogens (tertiary/aromatic N) is 1. The van der Waals surface area contributed by atoms with Crippen LogP contribution in [-0.2, 0) is 10.0 Å². The number of sulfonamides is 1. The first-order valence-corrected chi connectivity index (χ1v) is 7.70. The Bertz CT molecular complexity index is 567. The summed E-state index contributed by atoms with van der Waals surface area (Å²) in [5.41, 5.74) is 0.634. The Balaban J connectivity index is 2.88. The molecule has 1 rings (SSSR count). The van der Waals surface area contributed by atoms with E-state index in [0.717, 1.165) is 0 Å². The van der Waals surface area contributed by atoms with Gasteiger partial charge >= 0.3 is 0 Å². The maximum atomic E-state index is 11.8. The van der Waals surface area contributed by atoms with Crippen molar-refractivity contribution < 1.29 is 8.42 Å². The molecule has 0 fully saturated rings. The van der Waals surface area contributed by atoms with E-state index in [1.54, 1.807) is 6.92 Å². The van der Waals surface area contributed by atoms with Gasteiger partial charge < -0.3 is 0 Å². The fourth-order valence-electron chi connectivity index (χ4n) is 1.30. The van der Waals surface area contributed by atoms with E-state index in [9.17, 15) is 8.42 Å². The van der Waals surface area contributed by atoms with Crippen molar-refractivity contribution in [1.29, 1.82) is 5.26 Å². The van der Waals surface area contributed by atoms with Crippen LogP contribution >= 0.6 is 23.2 Å². The molecule has 0 radical (unpaired) electrons. The molecule has 0 aliphatic heterocycles. The molecule has 1 aromatic carbocycles. The Kier molecular flexibility index (Phi) is 5.27. The van der Waals surface area contributed by atoms with Crippen molar-refractivity contribution in [3.8, 4) is 6.07 Å². The third-order valence-corrected chi connectivity index (χ3v) is 4.51. The molecule has 98 valence electrons. The maximum absolute atomic E-state index is 11.8. The highest BCUT2D eigenvalue weighted by Crippen LogP contribution is 2.24. The average Bonchev–Trinajstić information content (AvgIpc) is 2.30. The zero-order valence-electron chi connectivity index (χ0n) is 9.65. The van der Waals surface area contributed by atoms with Crippen LogP contribution in [0.5, 0.6) is 0 Å². The van der Waals surface area contributed by atoms with Crippen LogP contribution in [0.2, 0.25) is 5.02 Å². The van der Waals surface area contributed by atoms with Crippen LogP contribution in [0.15, 0.2) is 18.2 Å². The average molecular weight is 307 g/mol. The van der Waals surface area contributed by atoms with E-state index in [1.165, 1.54) is 18.2 Å². The molecule has 0 spiro atoms. The summed E-state index contributed by atoms with van der Waals surface area (Å²) in [5, 5.41) is 8.87. The van der Waals surface area contributed by atoms with E-state index >= 15 is 0 Å². The van der Waals surface area contributed by atoms with Crippen LogP contribution < -0.4 is 4.72 Å². The Hall–Kier alpha value is -0.960. The van der Waals surface area contributed by atoms with Crippen molar-refractivity contribution in [2.45, 2.75) is 6.92 Å². The van der Waals surface area contributed by atoms with Crippen LogP contribution in [0.3, 0.4) is 0 Å². The molecular weight excluding hydrogens is 295 g/mol. The van der Waals surface area contributed by atoms with Gasteiger partial charge in [0.05, 0.1) is 28.1 Å². The van der Waals surface area contributed by atoms with Gasteiger partial charge in [0.2, 0.25) is 10.0 Å². The second-order valence-electron chi connectivity index (χ2n) is 3.95. The molecule has 1 atom stereocenters. The summed E-state index contributed by atoms with van der Waals surface area (Å²) in [5.74, 6) is 0.0378. The Labute approximate surface area is 117 Å². The maximum Gasteiger partial charge on any atom is 0.233 e. The number of nitriles is 1. The zero-order valence-corrected chi connectivity index (χ0v) is 12.0. The summed E-state index contributed by atoms with van der Waals surface area (Å²) in [6.45, 7) is 1.74. The van der Waals surface area contributed by atoms with E-state index in [0.29, 0.717) is 5.56 Å². The molecule has 0 saturated carbocycles. The Morgan fingerprint density at radius 2 is 2.17 bits per heavy atom. The highest BCUT2D eigenvalue weighted by molar-refractivity contribution is 7.92. The minimum atomic E-state index is -3.49. The number of nitrogens with one attached hydrogen (secondary N) is 1. The zero-order chi connectivity index (χ0) is 13.8. The van der Waals surface area contributed by atoms with Crippen LogP contribution in [-0.4, -0.2) is 20.1 Å². The van der Waals surface area contributed by atoms with Crippen molar-refractivity contribution in [3.05, 3.63) is 28.8 Å². The molecule has 0 amide bonds. The van der Waals surface area contributed by atoms with Crippen LogP contribution in [0.25, 0.3) is 0 Å². The number of benzene rings is 1. The summed E-state index contributed by atoms with van der Waals surface area (Å²) in [4.78, 5) is 0. The Morgan fingerprint density at radius 3 is 2.67 bits per heavy atom. The number of anilines is 1. The Morgan fingerprint density at radius 1 is 1.50 bits per heavy atom. The van der Waals surface area contributed by atoms with Crippen molar-refractivity contribution in [3.63, 3.8) is 0 Å². The highest BCUT2D eigenvalue weighted by atomic mass is 35.5. The lowest BCUT2D eigenvalue weighted by molar-refractivity contribution is 0.588. The number of hydrogen-bond donors (Lipinski definition) is 1. The second kappa shape index (κ2) is 6.28. The van der Waals surface area contributed by atoms with Crippen molar-refractivity contribution in [2.75, 3.05) is 16.4 Å². The summed E-state index contributed by atoms with van der Waals surface area (Å²) < 4.78 is 25.9. The summed E-state index contributed by atoms with van der Waals surface area (Å²) in [6, 6.07) is 6.28. The second-order valence-corrected chi connectivity index (χ2v) is 6.43. The standard InChI is InChI=1S/C11H12Cl2N2O2S/c1-8(5-12)7-18(16,17)15-11-3-2-9(6-14)4-10(11)13/h2-4,8,15H,5,7H2,1H3. The molecule has 0 heterocycles. The first kappa shape index (κ1) is 15.1. The quantitative estimate of drug-likeness (QED) is 0.850. The third kappa shape index (κ3) is 4.37. The van der Waals surface area contributed by atoms with E-state index in [4.69, 9.17) is 28.5 Å². The van der Waals surface area contributed by atoms with Crippen molar-refractivity contribution >= 4 is 38.9 Å². The number of halogens is 2. The van der Waals surface area contributed by atoms with Gasteiger partial charge in [0.1, 0.15) is 0 Å². The van der Waals surface area contributed by atoms with Gasteiger partial charge in [-0.1, -0.05) is 18.5 Å². The summed E-state index contributed by atoms with van der Waals surface area (Å²) >= 11 is 11.5. The van der Waals surface area contributed by atoms with Gasteiger partial charge in [-0.3, -0.25) is 4.72 Å². The number of rotatable bonds is 5. The fraction of sp³-hybridized carbons (Fsp3) is 0.364. The first-order chi connectivity index (χ1) is 8.38. The monoisotopic (exact) mass is 306 g/mol. The molecule has 0 bridgehead atoms. The predicted molar refractivity (Wildman–Crippen MR) is 73.5 cm³/mol. The molecular formula is C11H12Cl2N2O2S. The summed E-state index contributed by atoms with van der Waals surface area (Å²) in [7, 11) is -3.49. The lowest BCUT2D eigenvalue weighted by Crippen LogP contribution is -2.22. The molecule has 4 nitrogen and oxygen atoms in total. The van der Waals surface area contributed by atoms with E-state index < -0.39 is 10.0 Å². The minimum absolute atomic E-state index is 0.0766. The van der Waals surface area contributed by atoms with Gasteiger partial charge in [-0.25, -0.2) is 8.42 Å². The van der Waals surface area contributed by atoms with Crippen LogP contribution in [0.4, 0.5) is 5.69 Å². The molecule has 0 aliphatic carbocycles. The minimum Gasteiger partial charge on any atom is -0.282 e. The van der Waals surface area contributed by atoms with Crippen molar-refractivity contribution in [2.24, 2.45) is 5.92 Å². The van der Waals surface area contributed by atoms with Crippen LogP contribution in [0, 0.1) is 17.2 Å². The molecule has 1 aromatic rings. The normalized spacial score (nSPS) is 12.8. The first-order valence-electron chi connectivity index (χ1n) is 5.14. The molecule has 1 N–H and O–H groups in total. The SMILES string of the molecule is CC(CCl)CS(=O)(=O)Nc1ccc(C#N)cc1Cl. The lowest BCUT2D eigenvalue weighted by atomic mass is 10.2. The van der Waals surface area contributed by atoms with Gasteiger partial charge in [-0.05, 0) is 24.1 Å². The van der Waals surface area contributed by atoms with E-state index in [2.05, 4.69) is 4.72 Å². The lowest BCUT2D eigenvalue weighted by Gasteiger charge is -2.12. The third-order valence-electron chi connectivity index (χ3n) is 2.13. The number of alkyl halides is 1. The van der Waals surface area contributed by atoms with Gasteiger partial charge in [0.25, 0.3) is 0 Å². The topological polar surface area (TPSA) is 70.0 Å². The largest absolute Gasteiger partial charge is 0.282 e. The van der Waals surface area contributed by atoms with Gasteiger partial charge in [0, 0.05) is 5.88 Å². The number of hydrogen-bond acceptors (Lipinski definition) is 3.